The zero-order valence-corrected chi connectivity index (χ0v) is 15.9. The van der Waals surface area contributed by atoms with Crippen LogP contribution >= 0.6 is 11.3 Å². The SMILES string of the molecule is CCc1ccccc1NC(=O)c1nc(-c2cccs2)n(-c2cccc(F)c2)n1. The molecule has 0 aliphatic heterocycles. The van der Waals surface area contributed by atoms with Crippen LogP contribution < -0.4 is 5.32 Å². The van der Waals surface area contributed by atoms with Gasteiger partial charge in [0.05, 0.1) is 10.6 Å². The summed E-state index contributed by atoms with van der Waals surface area (Å²) in [5, 5.41) is 9.15. The van der Waals surface area contributed by atoms with E-state index in [1.165, 1.54) is 28.2 Å². The lowest BCUT2D eigenvalue weighted by atomic mass is 10.1. The normalized spacial score (nSPS) is 10.8. The maximum atomic E-state index is 13.7. The van der Waals surface area contributed by atoms with Gasteiger partial charge in [-0.1, -0.05) is 37.3 Å². The third kappa shape index (κ3) is 3.57. The van der Waals surface area contributed by atoms with E-state index >= 15 is 0 Å². The number of rotatable bonds is 5. The lowest BCUT2D eigenvalue weighted by molar-refractivity contribution is 0.101. The number of aryl methyl sites for hydroxylation is 1. The van der Waals surface area contributed by atoms with Gasteiger partial charge in [0.1, 0.15) is 5.82 Å². The van der Waals surface area contributed by atoms with Crippen molar-refractivity contribution in [2.24, 2.45) is 0 Å². The van der Waals surface area contributed by atoms with E-state index in [2.05, 4.69) is 15.4 Å². The molecule has 0 radical (unpaired) electrons. The van der Waals surface area contributed by atoms with Crippen molar-refractivity contribution in [1.29, 1.82) is 0 Å². The Balaban J connectivity index is 1.74. The standard InChI is InChI=1S/C21H17FN4OS/c1-2-14-7-3-4-10-17(14)23-21(27)19-24-20(18-11-6-12-28-18)26(25-19)16-9-5-8-15(22)13-16/h3-13H,2H2,1H3,(H,23,27). The average molecular weight is 392 g/mol. The number of thiophene rings is 1. The summed E-state index contributed by atoms with van der Waals surface area (Å²) in [6.45, 7) is 2.02. The summed E-state index contributed by atoms with van der Waals surface area (Å²) in [7, 11) is 0. The van der Waals surface area contributed by atoms with E-state index in [4.69, 9.17) is 0 Å². The van der Waals surface area contributed by atoms with E-state index in [0.717, 1.165) is 22.5 Å². The van der Waals surface area contributed by atoms with Crippen molar-refractivity contribution in [3.8, 4) is 16.4 Å². The van der Waals surface area contributed by atoms with Crippen LogP contribution in [0.3, 0.4) is 0 Å². The second-order valence-electron chi connectivity index (χ2n) is 6.09. The minimum Gasteiger partial charge on any atom is -0.319 e. The van der Waals surface area contributed by atoms with E-state index < -0.39 is 5.91 Å². The van der Waals surface area contributed by atoms with Crippen LogP contribution in [0.1, 0.15) is 23.1 Å². The summed E-state index contributed by atoms with van der Waals surface area (Å²) < 4.78 is 15.2. The molecule has 0 unspecified atom stereocenters. The van der Waals surface area contributed by atoms with Crippen molar-refractivity contribution in [2.75, 3.05) is 5.32 Å². The first-order chi connectivity index (χ1) is 13.7. The Kier molecular flexibility index (Phi) is 4.99. The fourth-order valence-electron chi connectivity index (χ4n) is 2.89. The molecule has 0 aliphatic carbocycles. The predicted octanol–water partition coefficient (Wildman–Crippen LogP) is 4.95. The number of carbonyl (C=O) groups excluding carboxylic acids is 1. The minimum atomic E-state index is -0.408. The highest BCUT2D eigenvalue weighted by Gasteiger charge is 2.20. The van der Waals surface area contributed by atoms with Crippen molar-refractivity contribution in [3.05, 3.63) is 83.2 Å². The molecule has 28 heavy (non-hydrogen) atoms. The summed E-state index contributed by atoms with van der Waals surface area (Å²) >= 11 is 1.48. The third-order valence-corrected chi connectivity index (χ3v) is 5.12. The molecule has 0 atom stereocenters. The van der Waals surface area contributed by atoms with Crippen LogP contribution in [0.5, 0.6) is 0 Å². The van der Waals surface area contributed by atoms with Crippen LogP contribution in [0.25, 0.3) is 16.4 Å². The van der Waals surface area contributed by atoms with Gasteiger partial charge >= 0.3 is 0 Å². The molecule has 1 amide bonds. The number of anilines is 1. The Morgan fingerprint density at radius 1 is 1.14 bits per heavy atom. The number of nitrogens with one attached hydrogen (secondary N) is 1. The number of para-hydroxylation sites is 1. The predicted molar refractivity (Wildman–Crippen MR) is 108 cm³/mol. The maximum absolute atomic E-state index is 13.7. The summed E-state index contributed by atoms with van der Waals surface area (Å²) in [4.78, 5) is 18.1. The molecule has 2 aromatic heterocycles. The summed E-state index contributed by atoms with van der Waals surface area (Å²) in [6, 6.07) is 17.4. The van der Waals surface area contributed by atoms with E-state index in [9.17, 15) is 9.18 Å². The van der Waals surface area contributed by atoms with E-state index in [0.29, 0.717) is 11.5 Å². The number of hydrogen-bond donors (Lipinski definition) is 1. The molecular formula is C21H17FN4OS. The molecule has 0 aliphatic rings. The second-order valence-corrected chi connectivity index (χ2v) is 7.04. The largest absolute Gasteiger partial charge is 0.319 e. The fraction of sp³-hybridized carbons (Fsp3) is 0.0952. The first-order valence-corrected chi connectivity index (χ1v) is 9.70. The van der Waals surface area contributed by atoms with Crippen LogP contribution in [0.2, 0.25) is 0 Å². The summed E-state index contributed by atoms with van der Waals surface area (Å²) in [5.41, 5.74) is 2.26. The Labute approximate surface area is 165 Å². The summed E-state index contributed by atoms with van der Waals surface area (Å²) in [6.07, 6.45) is 0.794. The summed E-state index contributed by atoms with van der Waals surface area (Å²) in [5.74, 6) is -0.269. The number of amides is 1. The molecule has 1 N–H and O–H groups in total. The molecule has 0 saturated heterocycles. The first-order valence-electron chi connectivity index (χ1n) is 8.82. The van der Waals surface area contributed by atoms with Crippen molar-refractivity contribution in [1.82, 2.24) is 14.8 Å². The number of hydrogen-bond acceptors (Lipinski definition) is 4. The van der Waals surface area contributed by atoms with Crippen molar-refractivity contribution < 1.29 is 9.18 Å². The third-order valence-electron chi connectivity index (χ3n) is 4.25. The lowest BCUT2D eigenvalue weighted by Crippen LogP contribution is -2.15. The van der Waals surface area contributed by atoms with Gasteiger partial charge in [0, 0.05) is 5.69 Å². The zero-order chi connectivity index (χ0) is 19.5. The first kappa shape index (κ1) is 18.1. The van der Waals surface area contributed by atoms with Crippen LogP contribution in [0.4, 0.5) is 10.1 Å². The molecule has 0 fully saturated rings. The molecule has 2 heterocycles. The molecule has 0 bridgehead atoms. The molecule has 5 nitrogen and oxygen atoms in total. The van der Waals surface area contributed by atoms with Crippen LogP contribution in [-0.4, -0.2) is 20.7 Å². The van der Waals surface area contributed by atoms with Gasteiger partial charge in [-0.25, -0.2) is 14.1 Å². The number of halogens is 1. The van der Waals surface area contributed by atoms with Gasteiger partial charge in [-0.2, -0.15) is 0 Å². The van der Waals surface area contributed by atoms with E-state index in [-0.39, 0.29) is 11.6 Å². The van der Waals surface area contributed by atoms with Crippen LogP contribution in [-0.2, 0) is 6.42 Å². The minimum absolute atomic E-state index is 0.0265. The molecule has 0 saturated carbocycles. The smallest absolute Gasteiger partial charge is 0.295 e. The van der Waals surface area contributed by atoms with Gasteiger partial charge < -0.3 is 5.32 Å². The number of carbonyl (C=O) groups is 1. The van der Waals surface area contributed by atoms with E-state index in [1.807, 2.05) is 48.7 Å². The number of nitrogens with zero attached hydrogens (tertiary/aromatic N) is 3. The van der Waals surface area contributed by atoms with Crippen LogP contribution in [0.15, 0.2) is 66.0 Å². The maximum Gasteiger partial charge on any atom is 0.295 e. The van der Waals surface area contributed by atoms with Gasteiger partial charge in [-0.3, -0.25) is 4.79 Å². The Bertz CT molecular complexity index is 1120. The number of benzene rings is 2. The number of aromatic nitrogens is 3. The molecule has 4 aromatic rings. The highest BCUT2D eigenvalue weighted by molar-refractivity contribution is 7.13. The fourth-order valence-corrected chi connectivity index (χ4v) is 3.59. The van der Waals surface area contributed by atoms with Gasteiger partial charge in [0.15, 0.2) is 5.82 Å². The quantitative estimate of drug-likeness (QED) is 0.523. The van der Waals surface area contributed by atoms with Crippen molar-refractivity contribution in [3.63, 3.8) is 0 Å². The second kappa shape index (κ2) is 7.74. The van der Waals surface area contributed by atoms with Gasteiger partial charge in [0.25, 0.3) is 5.91 Å². The van der Waals surface area contributed by atoms with Gasteiger partial charge in [-0.05, 0) is 47.7 Å². The van der Waals surface area contributed by atoms with Gasteiger partial charge in [-0.15, -0.1) is 16.4 Å². The highest BCUT2D eigenvalue weighted by atomic mass is 32.1. The molecular weight excluding hydrogens is 375 g/mol. The Hall–Kier alpha value is -3.32. The molecule has 140 valence electrons. The lowest BCUT2D eigenvalue weighted by Gasteiger charge is -2.07. The van der Waals surface area contributed by atoms with Crippen molar-refractivity contribution in [2.45, 2.75) is 13.3 Å². The molecule has 4 rings (SSSR count). The zero-order valence-electron chi connectivity index (χ0n) is 15.1. The van der Waals surface area contributed by atoms with Crippen molar-refractivity contribution >= 4 is 22.9 Å². The van der Waals surface area contributed by atoms with Gasteiger partial charge in [0.2, 0.25) is 5.82 Å². The highest BCUT2D eigenvalue weighted by Crippen LogP contribution is 2.26. The Morgan fingerprint density at radius 2 is 2.00 bits per heavy atom. The molecule has 2 aromatic carbocycles. The molecule has 0 spiro atoms. The average Bonchev–Trinajstić information content (AvgIpc) is 3.38. The molecule has 7 heteroatoms. The van der Waals surface area contributed by atoms with E-state index in [1.54, 1.807) is 12.1 Å². The van der Waals surface area contributed by atoms with Crippen LogP contribution in [0, 0.1) is 5.82 Å². The Morgan fingerprint density at radius 3 is 2.75 bits per heavy atom. The topological polar surface area (TPSA) is 59.8 Å². The monoisotopic (exact) mass is 392 g/mol.